The van der Waals surface area contributed by atoms with E-state index in [4.69, 9.17) is 5.73 Å². The highest BCUT2D eigenvalue weighted by molar-refractivity contribution is 7.07. The van der Waals surface area contributed by atoms with Gasteiger partial charge < -0.3 is 11.1 Å². The van der Waals surface area contributed by atoms with Crippen LogP contribution >= 0.6 is 11.3 Å². The van der Waals surface area contributed by atoms with Crippen LogP contribution in [0.1, 0.15) is 18.5 Å². The Morgan fingerprint density at radius 3 is 2.83 bits per heavy atom. The molecule has 0 saturated heterocycles. The number of nitro groups is 1. The molecule has 0 radical (unpaired) electrons. The van der Waals surface area contributed by atoms with Gasteiger partial charge in [0, 0.05) is 6.04 Å². The quantitative estimate of drug-likeness (QED) is 0.503. The van der Waals surface area contributed by atoms with Crippen molar-refractivity contribution in [2.75, 3.05) is 11.1 Å². The van der Waals surface area contributed by atoms with Crippen LogP contribution in [-0.2, 0) is 0 Å². The Labute approximate surface area is 108 Å². The number of benzene rings is 1. The van der Waals surface area contributed by atoms with Gasteiger partial charge in [-0.05, 0) is 41.4 Å². The molecule has 94 valence electrons. The number of nitro benzene ring substituents is 1. The maximum atomic E-state index is 11.0. The van der Waals surface area contributed by atoms with Gasteiger partial charge in [0.1, 0.15) is 11.4 Å². The minimum absolute atomic E-state index is 0.00301. The number of nitrogens with one attached hydrogen (secondary N) is 1. The Balaban J connectivity index is 2.29. The summed E-state index contributed by atoms with van der Waals surface area (Å²) in [5, 5.41) is 18.1. The summed E-state index contributed by atoms with van der Waals surface area (Å²) in [7, 11) is 0. The van der Waals surface area contributed by atoms with Crippen LogP contribution in [0.25, 0.3) is 0 Å². The van der Waals surface area contributed by atoms with Gasteiger partial charge in [-0.1, -0.05) is 6.07 Å². The number of rotatable bonds is 4. The van der Waals surface area contributed by atoms with Gasteiger partial charge in [0.2, 0.25) is 0 Å². The van der Waals surface area contributed by atoms with Crippen LogP contribution in [0.15, 0.2) is 35.0 Å². The molecule has 2 rings (SSSR count). The molecule has 1 atom stereocenters. The van der Waals surface area contributed by atoms with Gasteiger partial charge in [0.05, 0.1) is 4.92 Å². The Bertz CT molecular complexity index is 554. The summed E-state index contributed by atoms with van der Waals surface area (Å²) in [6.07, 6.45) is 0. The van der Waals surface area contributed by atoms with Crippen molar-refractivity contribution in [3.8, 4) is 0 Å². The van der Waals surface area contributed by atoms with Crippen LogP contribution in [0.3, 0.4) is 0 Å². The molecule has 6 heteroatoms. The first kappa shape index (κ1) is 12.4. The van der Waals surface area contributed by atoms with Gasteiger partial charge in [-0.15, -0.1) is 0 Å². The molecular weight excluding hydrogens is 250 g/mol. The molecule has 0 saturated carbocycles. The lowest BCUT2D eigenvalue weighted by atomic mass is 10.1. The second-order valence-electron chi connectivity index (χ2n) is 3.92. The molecule has 1 unspecified atom stereocenters. The van der Waals surface area contributed by atoms with E-state index in [0.29, 0.717) is 5.69 Å². The molecule has 5 nitrogen and oxygen atoms in total. The molecule has 1 aromatic carbocycles. The van der Waals surface area contributed by atoms with E-state index in [-0.39, 0.29) is 17.4 Å². The Morgan fingerprint density at radius 1 is 1.44 bits per heavy atom. The predicted octanol–water partition coefficient (Wildman–Crippen LogP) is 3.41. The van der Waals surface area contributed by atoms with Crippen molar-refractivity contribution < 1.29 is 4.92 Å². The van der Waals surface area contributed by atoms with E-state index in [1.54, 1.807) is 23.5 Å². The van der Waals surface area contributed by atoms with Crippen LogP contribution in [0.5, 0.6) is 0 Å². The van der Waals surface area contributed by atoms with E-state index in [1.807, 2.05) is 23.8 Å². The number of hydrogen-bond donors (Lipinski definition) is 2. The largest absolute Gasteiger partial charge is 0.393 e. The smallest absolute Gasteiger partial charge is 0.314 e. The molecule has 0 aliphatic rings. The zero-order chi connectivity index (χ0) is 13.1. The van der Waals surface area contributed by atoms with Crippen molar-refractivity contribution in [3.05, 3.63) is 50.7 Å². The van der Waals surface area contributed by atoms with Gasteiger partial charge >= 0.3 is 5.69 Å². The van der Waals surface area contributed by atoms with E-state index in [2.05, 4.69) is 5.32 Å². The number of nitrogens with zero attached hydrogens (tertiary/aromatic N) is 1. The van der Waals surface area contributed by atoms with Crippen molar-refractivity contribution in [2.24, 2.45) is 0 Å². The number of nitrogen functional groups attached to an aromatic ring is 1. The molecule has 0 aliphatic heterocycles. The summed E-state index contributed by atoms with van der Waals surface area (Å²) in [6, 6.07) is 6.87. The first-order chi connectivity index (χ1) is 8.59. The van der Waals surface area contributed by atoms with Crippen molar-refractivity contribution >= 4 is 28.4 Å². The molecular formula is C12H13N3O2S. The monoisotopic (exact) mass is 263 g/mol. The maximum Gasteiger partial charge on any atom is 0.314 e. The number of nitrogens with two attached hydrogens (primary N) is 1. The van der Waals surface area contributed by atoms with Crippen molar-refractivity contribution in [3.63, 3.8) is 0 Å². The first-order valence-corrected chi connectivity index (χ1v) is 6.35. The summed E-state index contributed by atoms with van der Waals surface area (Å²) in [5.74, 6) is 0. The predicted molar refractivity (Wildman–Crippen MR) is 73.9 cm³/mol. The molecule has 3 N–H and O–H groups in total. The molecule has 0 amide bonds. The van der Waals surface area contributed by atoms with E-state index in [9.17, 15) is 10.1 Å². The van der Waals surface area contributed by atoms with Gasteiger partial charge in [0.25, 0.3) is 0 Å². The Hall–Kier alpha value is -2.08. The standard InChI is InChI=1S/C12H13N3O2S/c1-8(9-5-6-18-7-9)14-11-4-2-3-10(13)12(11)15(16)17/h2-8,14H,13H2,1H3. The second-order valence-corrected chi connectivity index (χ2v) is 4.70. The van der Waals surface area contributed by atoms with Crippen molar-refractivity contribution in [2.45, 2.75) is 13.0 Å². The highest BCUT2D eigenvalue weighted by Crippen LogP contribution is 2.33. The number of hydrogen-bond acceptors (Lipinski definition) is 5. The van der Waals surface area contributed by atoms with Crippen LogP contribution in [0.2, 0.25) is 0 Å². The Morgan fingerprint density at radius 2 is 2.22 bits per heavy atom. The molecule has 1 heterocycles. The van der Waals surface area contributed by atoms with Gasteiger partial charge in [0.15, 0.2) is 0 Å². The molecule has 18 heavy (non-hydrogen) atoms. The average Bonchev–Trinajstić information content (AvgIpc) is 2.81. The molecule has 1 aromatic heterocycles. The fraction of sp³-hybridized carbons (Fsp3) is 0.167. The van der Waals surface area contributed by atoms with Gasteiger partial charge in [-0.25, -0.2) is 0 Å². The molecule has 0 spiro atoms. The summed E-state index contributed by atoms with van der Waals surface area (Å²) < 4.78 is 0. The lowest BCUT2D eigenvalue weighted by molar-refractivity contribution is -0.383. The maximum absolute atomic E-state index is 11.0. The third-order valence-electron chi connectivity index (χ3n) is 2.66. The highest BCUT2D eigenvalue weighted by atomic mass is 32.1. The highest BCUT2D eigenvalue weighted by Gasteiger charge is 2.19. The van der Waals surface area contributed by atoms with Crippen molar-refractivity contribution in [1.29, 1.82) is 0 Å². The van der Waals surface area contributed by atoms with E-state index in [0.717, 1.165) is 5.56 Å². The average molecular weight is 263 g/mol. The summed E-state index contributed by atoms with van der Waals surface area (Å²) in [6.45, 7) is 1.95. The summed E-state index contributed by atoms with van der Waals surface area (Å²) in [4.78, 5) is 10.5. The lowest BCUT2D eigenvalue weighted by Gasteiger charge is -2.14. The fourth-order valence-electron chi connectivity index (χ4n) is 1.72. The minimum Gasteiger partial charge on any atom is -0.393 e. The SMILES string of the molecule is CC(Nc1cccc(N)c1[N+](=O)[O-])c1ccsc1. The Kier molecular flexibility index (Phi) is 3.47. The molecule has 0 fully saturated rings. The van der Waals surface area contributed by atoms with Gasteiger partial charge in [-0.3, -0.25) is 10.1 Å². The number of thiophene rings is 1. The lowest BCUT2D eigenvalue weighted by Crippen LogP contribution is -2.08. The van der Waals surface area contributed by atoms with E-state index in [1.165, 1.54) is 6.07 Å². The van der Waals surface area contributed by atoms with Crippen LogP contribution in [-0.4, -0.2) is 4.92 Å². The molecule has 0 aliphatic carbocycles. The third-order valence-corrected chi connectivity index (χ3v) is 3.37. The zero-order valence-corrected chi connectivity index (χ0v) is 10.6. The zero-order valence-electron chi connectivity index (χ0n) is 9.79. The van der Waals surface area contributed by atoms with E-state index >= 15 is 0 Å². The minimum atomic E-state index is -0.460. The van der Waals surface area contributed by atoms with E-state index < -0.39 is 4.92 Å². The normalized spacial score (nSPS) is 12.1. The van der Waals surface area contributed by atoms with Crippen LogP contribution in [0, 0.1) is 10.1 Å². The fourth-order valence-corrected chi connectivity index (χ4v) is 2.47. The second kappa shape index (κ2) is 5.05. The summed E-state index contributed by atoms with van der Waals surface area (Å²) in [5.41, 5.74) is 7.27. The number of para-hydroxylation sites is 1. The van der Waals surface area contributed by atoms with Crippen LogP contribution < -0.4 is 11.1 Å². The first-order valence-electron chi connectivity index (χ1n) is 5.41. The molecule has 0 bridgehead atoms. The summed E-state index contributed by atoms with van der Waals surface area (Å²) >= 11 is 1.59. The topological polar surface area (TPSA) is 81.2 Å². The van der Waals surface area contributed by atoms with Gasteiger partial charge in [-0.2, -0.15) is 11.3 Å². The molecule has 2 aromatic rings. The van der Waals surface area contributed by atoms with Crippen LogP contribution in [0.4, 0.5) is 17.1 Å². The van der Waals surface area contributed by atoms with Crippen molar-refractivity contribution in [1.82, 2.24) is 0 Å². The third kappa shape index (κ3) is 2.43. The number of anilines is 2.